The molecule has 1 aromatic carbocycles. The van der Waals surface area contributed by atoms with Gasteiger partial charge < -0.3 is 14.9 Å². The number of aromatic nitrogens is 3. The highest BCUT2D eigenvalue weighted by molar-refractivity contribution is 5.94. The summed E-state index contributed by atoms with van der Waals surface area (Å²) in [5.74, 6) is -2.16. The summed E-state index contributed by atoms with van der Waals surface area (Å²) in [4.78, 5) is 46.1. The third kappa shape index (κ3) is 4.99. The van der Waals surface area contributed by atoms with E-state index in [1.54, 1.807) is 32.6 Å². The van der Waals surface area contributed by atoms with Crippen LogP contribution in [0.25, 0.3) is 16.9 Å². The Hall–Kier alpha value is -3.82. The van der Waals surface area contributed by atoms with Crippen molar-refractivity contribution in [2.75, 3.05) is 19.6 Å². The molecule has 0 radical (unpaired) electrons. The number of halogens is 1. The first-order valence-corrected chi connectivity index (χ1v) is 13.2. The summed E-state index contributed by atoms with van der Waals surface area (Å²) in [6.07, 6.45) is 2.38. The Morgan fingerprint density at radius 1 is 1.05 bits per heavy atom. The molecule has 2 aliphatic rings. The van der Waals surface area contributed by atoms with Crippen LogP contribution in [0.1, 0.15) is 63.5 Å². The lowest BCUT2D eigenvalue weighted by atomic mass is 9.74. The number of benzene rings is 1. The van der Waals surface area contributed by atoms with Gasteiger partial charge in [-0.1, -0.05) is 20.8 Å². The van der Waals surface area contributed by atoms with Gasteiger partial charge in [0.15, 0.2) is 5.65 Å². The third-order valence-corrected chi connectivity index (χ3v) is 7.89. The van der Waals surface area contributed by atoms with Crippen LogP contribution in [-0.2, 0) is 15.0 Å². The van der Waals surface area contributed by atoms with Crippen LogP contribution in [0.2, 0.25) is 0 Å². The van der Waals surface area contributed by atoms with E-state index in [1.165, 1.54) is 12.1 Å². The van der Waals surface area contributed by atoms with Crippen LogP contribution in [-0.4, -0.2) is 72.5 Å². The van der Waals surface area contributed by atoms with Gasteiger partial charge in [0.1, 0.15) is 11.5 Å². The molecule has 1 N–H and O–H groups in total. The average Bonchev–Trinajstić information content (AvgIpc) is 3.25. The van der Waals surface area contributed by atoms with Crippen LogP contribution in [0.15, 0.2) is 36.5 Å². The van der Waals surface area contributed by atoms with Crippen LogP contribution in [0.5, 0.6) is 0 Å². The van der Waals surface area contributed by atoms with E-state index in [4.69, 9.17) is 10.1 Å². The monoisotopic (exact) mass is 535 g/mol. The Morgan fingerprint density at radius 3 is 2.31 bits per heavy atom. The second kappa shape index (κ2) is 9.43. The molecule has 1 saturated carbocycles. The first-order valence-electron chi connectivity index (χ1n) is 13.2. The van der Waals surface area contributed by atoms with Crippen molar-refractivity contribution in [3.8, 4) is 11.3 Å². The average molecular weight is 536 g/mol. The van der Waals surface area contributed by atoms with Gasteiger partial charge in [-0.25, -0.2) is 13.9 Å². The van der Waals surface area contributed by atoms with Crippen molar-refractivity contribution in [1.29, 1.82) is 0 Å². The fourth-order valence-electron chi connectivity index (χ4n) is 5.53. The molecule has 9 nitrogen and oxygen atoms in total. The lowest BCUT2D eigenvalue weighted by Crippen LogP contribution is -2.63. The maximum Gasteiger partial charge on any atom is 0.306 e. The second-order valence-electron chi connectivity index (χ2n) is 12.3. The van der Waals surface area contributed by atoms with Gasteiger partial charge >= 0.3 is 5.97 Å². The first kappa shape index (κ1) is 26.8. The zero-order valence-electron chi connectivity index (χ0n) is 22.9. The summed E-state index contributed by atoms with van der Waals surface area (Å²) >= 11 is 0. The Balaban J connectivity index is 1.40. The summed E-state index contributed by atoms with van der Waals surface area (Å²) in [5.41, 5.74) is 2.23. The summed E-state index contributed by atoms with van der Waals surface area (Å²) in [6, 6.07) is 8.07. The number of carboxylic acids is 1. The molecule has 5 rings (SSSR count). The number of hydrogen-bond donors (Lipinski definition) is 1. The summed E-state index contributed by atoms with van der Waals surface area (Å²) < 4.78 is 15.1. The highest BCUT2D eigenvalue weighted by Gasteiger charge is 2.45. The molecule has 10 heteroatoms. The Morgan fingerprint density at radius 2 is 1.72 bits per heavy atom. The van der Waals surface area contributed by atoms with Gasteiger partial charge in [0, 0.05) is 36.7 Å². The lowest BCUT2D eigenvalue weighted by Gasteiger charge is -2.48. The molecule has 2 amide bonds. The van der Waals surface area contributed by atoms with Gasteiger partial charge in [-0.15, -0.1) is 0 Å². The maximum absolute atomic E-state index is 13.7. The van der Waals surface area contributed by atoms with Gasteiger partial charge in [0.2, 0.25) is 5.91 Å². The molecular weight excluding hydrogens is 501 g/mol. The molecule has 2 aromatic heterocycles. The van der Waals surface area contributed by atoms with Crippen molar-refractivity contribution in [1.82, 2.24) is 24.4 Å². The van der Waals surface area contributed by atoms with E-state index in [2.05, 4.69) is 25.9 Å². The summed E-state index contributed by atoms with van der Waals surface area (Å²) in [5, 5.41) is 13.8. The van der Waals surface area contributed by atoms with Gasteiger partial charge in [0.25, 0.3) is 5.91 Å². The Bertz CT molecular complexity index is 1450. The molecule has 3 aromatic rings. The van der Waals surface area contributed by atoms with E-state index in [1.807, 2.05) is 19.9 Å². The predicted octanol–water partition coefficient (Wildman–Crippen LogP) is 4.01. The fourth-order valence-corrected chi connectivity index (χ4v) is 5.53. The fraction of sp³-hybridized carbons (Fsp3) is 0.483. The van der Waals surface area contributed by atoms with E-state index in [0.29, 0.717) is 43.8 Å². The standard InChI is InChI=1S/C29H34FN5O4/c1-28(2,3)21-14-22(17-6-8-20(30)9-7-17)32-35-15-23(31-24(21)35)26(37)34-11-10-33(16-29(34,4)5)25(36)18-12-19(13-18)27(38)39/h6-9,14-15,18-19H,10-13,16H2,1-5H3,(H,38,39)/t18-,19+. The SMILES string of the molecule is CC(C)(C)c1cc(-c2ccc(F)cc2)nn2cc(C(=O)N3CCN(C(=O)[C@H]4C[C@@H](C(=O)O)C4)CC3(C)C)nc12. The normalized spacial score (nSPS) is 21.1. The van der Waals surface area contributed by atoms with E-state index in [9.17, 15) is 18.8 Å². The lowest BCUT2D eigenvalue weighted by molar-refractivity contribution is -0.153. The van der Waals surface area contributed by atoms with Gasteiger partial charge in [-0.3, -0.25) is 14.4 Å². The van der Waals surface area contributed by atoms with Crippen molar-refractivity contribution in [3.63, 3.8) is 0 Å². The molecule has 206 valence electrons. The van der Waals surface area contributed by atoms with Gasteiger partial charge in [-0.2, -0.15) is 5.10 Å². The minimum atomic E-state index is -0.851. The largest absolute Gasteiger partial charge is 0.481 e. The van der Waals surface area contributed by atoms with Gasteiger partial charge in [0.05, 0.1) is 23.3 Å². The van der Waals surface area contributed by atoms with E-state index in [-0.39, 0.29) is 34.7 Å². The van der Waals surface area contributed by atoms with Crippen molar-refractivity contribution < 1.29 is 23.9 Å². The number of hydrogen-bond acceptors (Lipinski definition) is 5. The first-order chi connectivity index (χ1) is 18.2. The molecule has 1 aliphatic carbocycles. The van der Waals surface area contributed by atoms with E-state index >= 15 is 0 Å². The Kier molecular flexibility index (Phi) is 6.47. The smallest absolute Gasteiger partial charge is 0.306 e. The summed E-state index contributed by atoms with van der Waals surface area (Å²) in [6.45, 7) is 11.1. The number of nitrogens with zero attached hydrogens (tertiary/aromatic N) is 5. The number of carboxylic acid groups (broad SMARTS) is 1. The van der Waals surface area contributed by atoms with E-state index in [0.717, 1.165) is 11.1 Å². The van der Waals surface area contributed by atoms with Crippen molar-refractivity contribution in [3.05, 3.63) is 53.6 Å². The predicted molar refractivity (Wildman–Crippen MR) is 143 cm³/mol. The molecular formula is C29H34FN5O4. The highest BCUT2D eigenvalue weighted by Crippen LogP contribution is 2.36. The van der Waals surface area contributed by atoms with Crippen LogP contribution in [0.3, 0.4) is 0 Å². The number of aliphatic carboxylic acids is 1. The second-order valence-corrected chi connectivity index (χ2v) is 12.3. The minimum absolute atomic E-state index is 0.0345. The van der Waals surface area contributed by atoms with Gasteiger partial charge in [-0.05, 0) is 62.4 Å². The van der Waals surface area contributed by atoms with E-state index < -0.39 is 17.4 Å². The van der Waals surface area contributed by atoms with Crippen LogP contribution < -0.4 is 0 Å². The molecule has 39 heavy (non-hydrogen) atoms. The van der Waals surface area contributed by atoms with Crippen molar-refractivity contribution >= 4 is 23.4 Å². The summed E-state index contributed by atoms with van der Waals surface area (Å²) in [7, 11) is 0. The van der Waals surface area contributed by atoms with Crippen LogP contribution >= 0.6 is 0 Å². The zero-order valence-corrected chi connectivity index (χ0v) is 22.9. The molecule has 1 saturated heterocycles. The van der Waals surface area contributed by atoms with Crippen LogP contribution in [0.4, 0.5) is 4.39 Å². The minimum Gasteiger partial charge on any atom is -0.481 e. The Labute approximate surface area is 226 Å². The number of carbonyl (C=O) groups is 3. The molecule has 0 bridgehead atoms. The number of carbonyl (C=O) groups excluding carboxylic acids is 2. The number of fused-ring (bicyclic) bond motifs is 1. The molecule has 3 heterocycles. The third-order valence-electron chi connectivity index (χ3n) is 7.89. The maximum atomic E-state index is 13.7. The molecule has 0 unspecified atom stereocenters. The number of imidazole rings is 1. The topological polar surface area (TPSA) is 108 Å². The highest BCUT2D eigenvalue weighted by atomic mass is 19.1. The van der Waals surface area contributed by atoms with Crippen LogP contribution in [0, 0.1) is 17.7 Å². The number of amides is 2. The molecule has 0 spiro atoms. The zero-order chi connectivity index (χ0) is 28.3. The quantitative estimate of drug-likeness (QED) is 0.541. The number of rotatable bonds is 4. The van der Waals surface area contributed by atoms with Crippen molar-refractivity contribution in [2.24, 2.45) is 11.8 Å². The molecule has 0 atom stereocenters. The van der Waals surface area contributed by atoms with Crippen molar-refractivity contribution in [2.45, 2.75) is 58.4 Å². The number of piperazine rings is 1. The molecule has 1 aliphatic heterocycles. The molecule has 2 fully saturated rings.